The van der Waals surface area contributed by atoms with Crippen molar-refractivity contribution in [3.8, 4) is 11.4 Å². The van der Waals surface area contributed by atoms with E-state index < -0.39 is 0 Å². The van der Waals surface area contributed by atoms with Crippen molar-refractivity contribution in [2.45, 2.75) is 17.9 Å². The molecule has 0 saturated carbocycles. The van der Waals surface area contributed by atoms with E-state index in [0.29, 0.717) is 23.2 Å². The van der Waals surface area contributed by atoms with Gasteiger partial charge in [-0.15, -0.1) is 11.8 Å². The minimum absolute atomic E-state index is 0.0466. The van der Waals surface area contributed by atoms with E-state index >= 15 is 0 Å². The van der Waals surface area contributed by atoms with Crippen LogP contribution < -0.4 is 5.32 Å². The number of thioether (sulfide) groups is 1. The van der Waals surface area contributed by atoms with Crippen LogP contribution >= 0.6 is 23.4 Å². The highest BCUT2D eigenvalue weighted by molar-refractivity contribution is 7.99. The number of nitrogens with zero attached hydrogens (tertiary/aromatic N) is 2. The van der Waals surface area contributed by atoms with Gasteiger partial charge in [0.1, 0.15) is 0 Å². The summed E-state index contributed by atoms with van der Waals surface area (Å²) >= 11 is 7.51. The second-order valence-electron chi connectivity index (χ2n) is 5.21. The van der Waals surface area contributed by atoms with Crippen molar-refractivity contribution in [1.82, 2.24) is 15.5 Å². The monoisotopic (exact) mass is 373 g/mol. The van der Waals surface area contributed by atoms with Gasteiger partial charge in [0, 0.05) is 27.7 Å². The van der Waals surface area contributed by atoms with Gasteiger partial charge < -0.3 is 9.84 Å². The molecule has 7 heteroatoms. The summed E-state index contributed by atoms with van der Waals surface area (Å²) < 4.78 is 5.16. The molecular formula is C18H16ClN3O2S. The predicted molar refractivity (Wildman–Crippen MR) is 98.4 cm³/mol. The van der Waals surface area contributed by atoms with Crippen LogP contribution in [0.15, 0.2) is 64.0 Å². The van der Waals surface area contributed by atoms with Gasteiger partial charge in [0.25, 0.3) is 0 Å². The van der Waals surface area contributed by atoms with Gasteiger partial charge in [0.2, 0.25) is 17.6 Å². The molecule has 128 valence electrons. The van der Waals surface area contributed by atoms with Crippen LogP contribution in [-0.4, -0.2) is 21.8 Å². The van der Waals surface area contributed by atoms with Crippen LogP contribution in [0.4, 0.5) is 0 Å². The number of amides is 1. The van der Waals surface area contributed by atoms with Crippen molar-refractivity contribution in [2.75, 3.05) is 5.75 Å². The Morgan fingerprint density at radius 1 is 1.12 bits per heavy atom. The van der Waals surface area contributed by atoms with Gasteiger partial charge >= 0.3 is 0 Å². The fourth-order valence-corrected chi connectivity index (χ4v) is 3.08. The molecule has 1 amide bonds. The first-order valence-electron chi connectivity index (χ1n) is 7.74. The van der Waals surface area contributed by atoms with E-state index in [9.17, 15) is 4.79 Å². The highest BCUT2D eigenvalue weighted by Crippen LogP contribution is 2.19. The summed E-state index contributed by atoms with van der Waals surface area (Å²) in [5, 5.41) is 7.35. The average Bonchev–Trinajstić information content (AvgIpc) is 3.10. The van der Waals surface area contributed by atoms with Crippen LogP contribution in [0, 0.1) is 0 Å². The Kier molecular flexibility index (Phi) is 6.09. The zero-order chi connectivity index (χ0) is 17.5. The number of carbonyl (C=O) groups is 1. The summed E-state index contributed by atoms with van der Waals surface area (Å²) in [6.45, 7) is 0.218. The first-order chi connectivity index (χ1) is 12.2. The van der Waals surface area contributed by atoms with E-state index in [4.69, 9.17) is 16.1 Å². The van der Waals surface area contributed by atoms with Crippen LogP contribution in [0.5, 0.6) is 0 Å². The Balaban J connectivity index is 1.44. The van der Waals surface area contributed by atoms with E-state index in [1.54, 1.807) is 23.9 Å². The molecular weight excluding hydrogens is 358 g/mol. The lowest BCUT2D eigenvalue weighted by Crippen LogP contribution is -2.23. The van der Waals surface area contributed by atoms with Gasteiger partial charge in [-0.25, -0.2) is 0 Å². The molecule has 5 nitrogen and oxygen atoms in total. The van der Waals surface area contributed by atoms with Crippen molar-refractivity contribution < 1.29 is 9.32 Å². The Morgan fingerprint density at radius 2 is 1.88 bits per heavy atom. The van der Waals surface area contributed by atoms with Crippen LogP contribution in [-0.2, 0) is 11.3 Å². The number of carbonyl (C=O) groups excluding carboxylic acids is 1. The first kappa shape index (κ1) is 17.5. The van der Waals surface area contributed by atoms with Crippen molar-refractivity contribution in [3.05, 3.63) is 65.5 Å². The van der Waals surface area contributed by atoms with E-state index in [0.717, 1.165) is 16.2 Å². The van der Waals surface area contributed by atoms with E-state index in [1.165, 1.54) is 0 Å². The van der Waals surface area contributed by atoms with Crippen molar-refractivity contribution >= 4 is 29.3 Å². The van der Waals surface area contributed by atoms with Crippen LogP contribution in [0.25, 0.3) is 11.4 Å². The fourth-order valence-electron chi connectivity index (χ4n) is 2.08. The van der Waals surface area contributed by atoms with Gasteiger partial charge in [-0.3, -0.25) is 4.79 Å². The number of benzene rings is 2. The zero-order valence-electron chi connectivity index (χ0n) is 13.3. The normalized spacial score (nSPS) is 10.6. The van der Waals surface area contributed by atoms with E-state index in [-0.39, 0.29) is 12.5 Å². The molecule has 0 aliphatic heterocycles. The molecule has 2 aromatic carbocycles. The summed E-state index contributed by atoms with van der Waals surface area (Å²) in [5.41, 5.74) is 0.810. The number of hydrogen-bond acceptors (Lipinski definition) is 5. The molecule has 0 bridgehead atoms. The molecule has 0 unspecified atom stereocenters. The van der Waals surface area contributed by atoms with Gasteiger partial charge in [-0.2, -0.15) is 4.98 Å². The maximum Gasteiger partial charge on any atom is 0.246 e. The molecule has 0 aliphatic rings. The molecule has 1 N–H and O–H groups in total. The average molecular weight is 374 g/mol. The summed E-state index contributed by atoms with van der Waals surface area (Å²) in [6, 6.07) is 17.1. The second-order valence-corrected chi connectivity index (χ2v) is 6.81. The fraction of sp³-hybridized carbons (Fsp3) is 0.167. The third-order valence-electron chi connectivity index (χ3n) is 3.35. The van der Waals surface area contributed by atoms with E-state index in [2.05, 4.69) is 15.5 Å². The SMILES string of the molecule is O=C(CCSc1ccccc1)NCc1nc(-c2ccc(Cl)cc2)no1. The quantitative estimate of drug-likeness (QED) is 0.629. The van der Waals surface area contributed by atoms with Crippen LogP contribution in [0.3, 0.4) is 0 Å². The molecule has 25 heavy (non-hydrogen) atoms. The number of rotatable bonds is 7. The highest BCUT2D eigenvalue weighted by Gasteiger charge is 2.10. The van der Waals surface area contributed by atoms with Gasteiger partial charge in [-0.05, 0) is 36.4 Å². The Hall–Kier alpha value is -2.31. The number of halogens is 1. The lowest BCUT2D eigenvalue weighted by Gasteiger charge is -2.02. The molecule has 0 radical (unpaired) electrons. The lowest BCUT2D eigenvalue weighted by molar-refractivity contribution is -0.120. The second kappa shape index (κ2) is 8.69. The molecule has 1 heterocycles. The first-order valence-corrected chi connectivity index (χ1v) is 9.10. The third kappa shape index (κ3) is 5.34. The molecule has 3 rings (SSSR count). The minimum Gasteiger partial charge on any atom is -0.347 e. The summed E-state index contributed by atoms with van der Waals surface area (Å²) in [5.74, 6) is 1.51. The molecule has 0 fully saturated rings. The molecule has 0 saturated heterocycles. The third-order valence-corrected chi connectivity index (χ3v) is 4.61. The van der Waals surface area contributed by atoms with Crippen LogP contribution in [0.1, 0.15) is 12.3 Å². The minimum atomic E-state index is -0.0466. The Morgan fingerprint density at radius 3 is 2.64 bits per heavy atom. The Bertz CT molecular complexity index is 822. The smallest absolute Gasteiger partial charge is 0.246 e. The maximum absolute atomic E-state index is 11.9. The van der Waals surface area contributed by atoms with Gasteiger partial charge in [0.05, 0.1) is 6.54 Å². The van der Waals surface area contributed by atoms with Gasteiger partial charge in [0.15, 0.2) is 0 Å². The van der Waals surface area contributed by atoms with Crippen molar-refractivity contribution in [2.24, 2.45) is 0 Å². The molecule has 0 spiro atoms. The Labute approximate surface area is 154 Å². The maximum atomic E-state index is 11.9. The topological polar surface area (TPSA) is 68.0 Å². The highest BCUT2D eigenvalue weighted by atomic mass is 35.5. The van der Waals surface area contributed by atoms with Crippen LogP contribution in [0.2, 0.25) is 5.02 Å². The summed E-state index contributed by atoms with van der Waals surface area (Å²) in [6.07, 6.45) is 0.428. The zero-order valence-corrected chi connectivity index (χ0v) is 14.9. The van der Waals surface area contributed by atoms with Gasteiger partial charge in [-0.1, -0.05) is 35.0 Å². The molecule has 0 aliphatic carbocycles. The number of hydrogen-bond donors (Lipinski definition) is 1. The molecule has 0 atom stereocenters. The number of nitrogens with one attached hydrogen (secondary N) is 1. The van der Waals surface area contributed by atoms with Crippen molar-refractivity contribution in [1.29, 1.82) is 0 Å². The predicted octanol–water partition coefficient (Wildman–Crippen LogP) is 4.19. The standard InChI is InChI=1S/C18H16ClN3O2S/c19-14-8-6-13(7-9-14)18-21-17(24-22-18)12-20-16(23)10-11-25-15-4-2-1-3-5-15/h1-9H,10-12H2,(H,20,23). The largest absolute Gasteiger partial charge is 0.347 e. The number of aromatic nitrogens is 2. The summed E-state index contributed by atoms with van der Waals surface area (Å²) in [4.78, 5) is 17.3. The van der Waals surface area contributed by atoms with Crippen molar-refractivity contribution in [3.63, 3.8) is 0 Å². The molecule has 3 aromatic rings. The van der Waals surface area contributed by atoms with E-state index in [1.807, 2.05) is 42.5 Å². The summed E-state index contributed by atoms with van der Waals surface area (Å²) in [7, 11) is 0. The molecule has 1 aromatic heterocycles. The lowest BCUT2D eigenvalue weighted by atomic mass is 10.2.